The molecule has 102 valence electrons. The zero-order valence-corrected chi connectivity index (χ0v) is 11.9. The van der Waals surface area contributed by atoms with Crippen LogP contribution in [0, 0.1) is 11.8 Å². The van der Waals surface area contributed by atoms with Crippen LogP contribution in [-0.4, -0.2) is 18.6 Å². The van der Waals surface area contributed by atoms with Crippen LogP contribution in [0.3, 0.4) is 0 Å². The van der Waals surface area contributed by atoms with E-state index in [4.69, 9.17) is 10.5 Å². The van der Waals surface area contributed by atoms with Crippen LogP contribution in [-0.2, 0) is 9.53 Å². The van der Waals surface area contributed by atoms with Gasteiger partial charge in [-0.3, -0.25) is 4.79 Å². The summed E-state index contributed by atoms with van der Waals surface area (Å²) >= 11 is 0. The lowest BCUT2D eigenvalue weighted by Gasteiger charge is -2.18. The molecule has 0 amide bonds. The molecule has 0 spiro atoms. The zero-order valence-electron chi connectivity index (χ0n) is 11.9. The van der Waals surface area contributed by atoms with Gasteiger partial charge in [-0.05, 0) is 18.3 Å². The van der Waals surface area contributed by atoms with Crippen LogP contribution in [0.1, 0.15) is 59.8 Å². The third kappa shape index (κ3) is 7.37. The molecule has 0 radical (unpaired) electrons. The van der Waals surface area contributed by atoms with E-state index < -0.39 is 6.04 Å². The number of hydrogen-bond donors (Lipinski definition) is 1. The van der Waals surface area contributed by atoms with Crippen LogP contribution >= 0.6 is 0 Å². The minimum atomic E-state index is -0.470. The molecule has 0 aromatic rings. The predicted octanol–water partition coefficient (Wildman–Crippen LogP) is 3.12. The van der Waals surface area contributed by atoms with Crippen molar-refractivity contribution in [2.75, 3.05) is 6.61 Å². The molecule has 0 aliphatic rings. The molecule has 1 unspecified atom stereocenters. The molecule has 3 atom stereocenters. The molecule has 0 bridgehead atoms. The van der Waals surface area contributed by atoms with Crippen LogP contribution in [0.4, 0.5) is 0 Å². The highest BCUT2D eigenvalue weighted by molar-refractivity contribution is 5.75. The second kappa shape index (κ2) is 9.46. The van der Waals surface area contributed by atoms with Crippen molar-refractivity contribution < 1.29 is 9.53 Å². The van der Waals surface area contributed by atoms with E-state index in [0.29, 0.717) is 12.5 Å². The number of hydrogen-bond acceptors (Lipinski definition) is 3. The topological polar surface area (TPSA) is 52.3 Å². The average molecular weight is 243 g/mol. The fourth-order valence-electron chi connectivity index (χ4n) is 1.63. The Morgan fingerprint density at radius 2 is 1.88 bits per heavy atom. The summed E-state index contributed by atoms with van der Waals surface area (Å²) in [5, 5.41) is 0. The first-order chi connectivity index (χ1) is 8.02. The fraction of sp³-hybridized carbons (Fsp3) is 0.929. The molecule has 3 heteroatoms. The van der Waals surface area contributed by atoms with Crippen molar-refractivity contribution in [3.63, 3.8) is 0 Å². The second-order valence-corrected chi connectivity index (χ2v) is 5.14. The zero-order chi connectivity index (χ0) is 13.3. The Morgan fingerprint density at radius 3 is 2.41 bits per heavy atom. The quantitative estimate of drug-likeness (QED) is 0.500. The highest BCUT2D eigenvalue weighted by Crippen LogP contribution is 2.11. The largest absolute Gasteiger partial charge is 0.464 e. The number of nitrogens with two attached hydrogens (primary N) is 1. The van der Waals surface area contributed by atoms with Gasteiger partial charge < -0.3 is 10.5 Å². The van der Waals surface area contributed by atoms with Crippen molar-refractivity contribution in [2.45, 2.75) is 65.8 Å². The van der Waals surface area contributed by atoms with Crippen molar-refractivity contribution in [2.24, 2.45) is 17.6 Å². The van der Waals surface area contributed by atoms with Crippen LogP contribution in [0.2, 0.25) is 0 Å². The molecule has 0 saturated heterocycles. The van der Waals surface area contributed by atoms with Gasteiger partial charge in [0.05, 0.1) is 6.61 Å². The summed E-state index contributed by atoms with van der Waals surface area (Å²) in [6.07, 6.45) is 5.73. The molecule has 0 heterocycles. The third-order valence-corrected chi connectivity index (χ3v) is 3.34. The molecule has 0 aliphatic heterocycles. The first-order valence-corrected chi connectivity index (χ1v) is 6.95. The molecule has 0 fully saturated rings. The average Bonchev–Trinajstić information content (AvgIpc) is 2.34. The van der Waals surface area contributed by atoms with Crippen LogP contribution in [0.5, 0.6) is 0 Å². The van der Waals surface area contributed by atoms with Gasteiger partial charge in [0.2, 0.25) is 0 Å². The van der Waals surface area contributed by atoms with Gasteiger partial charge in [0, 0.05) is 0 Å². The number of rotatable bonds is 9. The van der Waals surface area contributed by atoms with Gasteiger partial charge >= 0.3 is 5.97 Å². The van der Waals surface area contributed by atoms with Gasteiger partial charge in [-0.15, -0.1) is 0 Å². The van der Waals surface area contributed by atoms with E-state index in [1.54, 1.807) is 0 Å². The number of carbonyl (C=O) groups is 1. The Hall–Kier alpha value is -0.570. The summed E-state index contributed by atoms with van der Waals surface area (Å²) in [6, 6.07) is -0.470. The normalized spacial score (nSPS) is 16.3. The number of esters is 1. The van der Waals surface area contributed by atoms with Crippen molar-refractivity contribution in [3.05, 3.63) is 0 Å². The summed E-state index contributed by atoms with van der Waals surface area (Å²) in [5.74, 6) is 0.384. The number of unbranched alkanes of at least 4 members (excludes halogenated alkanes) is 2. The Balaban J connectivity index is 3.75. The Bertz CT molecular complexity index is 206. The van der Waals surface area contributed by atoms with E-state index in [0.717, 1.165) is 12.8 Å². The van der Waals surface area contributed by atoms with Crippen molar-refractivity contribution >= 4 is 5.97 Å². The van der Waals surface area contributed by atoms with Crippen LogP contribution in [0.15, 0.2) is 0 Å². The molecule has 2 N–H and O–H groups in total. The monoisotopic (exact) mass is 243 g/mol. The van der Waals surface area contributed by atoms with E-state index in [1.165, 1.54) is 19.3 Å². The Morgan fingerprint density at radius 1 is 1.24 bits per heavy atom. The summed E-state index contributed by atoms with van der Waals surface area (Å²) in [6.45, 7) is 8.84. The highest BCUT2D eigenvalue weighted by Gasteiger charge is 2.21. The predicted molar refractivity (Wildman–Crippen MR) is 71.7 cm³/mol. The van der Waals surface area contributed by atoms with Gasteiger partial charge in [0.25, 0.3) is 0 Å². The minimum absolute atomic E-state index is 0.192. The number of carbonyl (C=O) groups excluding carboxylic acids is 1. The van der Waals surface area contributed by atoms with Crippen LogP contribution < -0.4 is 5.73 Å². The van der Waals surface area contributed by atoms with Crippen molar-refractivity contribution in [3.8, 4) is 0 Å². The first kappa shape index (κ1) is 16.4. The molecule has 0 aliphatic carbocycles. The molecule has 0 aromatic carbocycles. The van der Waals surface area contributed by atoms with Gasteiger partial charge in [-0.1, -0.05) is 53.4 Å². The molecular formula is C14H29NO2. The maximum Gasteiger partial charge on any atom is 0.323 e. The lowest BCUT2D eigenvalue weighted by Crippen LogP contribution is -2.38. The van der Waals surface area contributed by atoms with Gasteiger partial charge in [0.1, 0.15) is 6.04 Å². The minimum Gasteiger partial charge on any atom is -0.464 e. The molecule has 0 aromatic heterocycles. The molecular weight excluding hydrogens is 214 g/mol. The van der Waals surface area contributed by atoms with E-state index >= 15 is 0 Å². The highest BCUT2D eigenvalue weighted by atomic mass is 16.5. The SMILES string of the molecule is CCCCCC(C)COC(=O)[C@@H](N)[C@@H](C)CC. The molecule has 0 rings (SSSR count). The first-order valence-electron chi connectivity index (χ1n) is 6.95. The second-order valence-electron chi connectivity index (χ2n) is 5.14. The summed E-state index contributed by atoms with van der Waals surface area (Å²) in [7, 11) is 0. The van der Waals surface area contributed by atoms with Gasteiger partial charge in [-0.25, -0.2) is 0 Å². The van der Waals surface area contributed by atoms with Gasteiger partial charge in [0.15, 0.2) is 0 Å². The molecule has 17 heavy (non-hydrogen) atoms. The molecule has 0 saturated carbocycles. The van der Waals surface area contributed by atoms with E-state index in [1.807, 2.05) is 13.8 Å². The summed E-state index contributed by atoms with van der Waals surface area (Å²) in [5.41, 5.74) is 5.80. The fourth-order valence-corrected chi connectivity index (χ4v) is 1.63. The third-order valence-electron chi connectivity index (χ3n) is 3.34. The van der Waals surface area contributed by atoms with Crippen molar-refractivity contribution in [1.29, 1.82) is 0 Å². The Labute approximate surface area is 106 Å². The maximum atomic E-state index is 11.6. The van der Waals surface area contributed by atoms with Gasteiger partial charge in [-0.2, -0.15) is 0 Å². The van der Waals surface area contributed by atoms with Crippen molar-refractivity contribution in [1.82, 2.24) is 0 Å². The lowest BCUT2D eigenvalue weighted by molar-refractivity contribution is -0.147. The summed E-state index contributed by atoms with van der Waals surface area (Å²) in [4.78, 5) is 11.6. The smallest absolute Gasteiger partial charge is 0.323 e. The van der Waals surface area contributed by atoms with E-state index in [-0.39, 0.29) is 11.9 Å². The summed E-state index contributed by atoms with van der Waals surface area (Å²) < 4.78 is 5.26. The van der Waals surface area contributed by atoms with E-state index in [9.17, 15) is 4.79 Å². The lowest BCUT2D eigenvalue weighted by atomic mass is 10.0. The standard InChI is InChI=1S/C14H29NO2/c1-5-7-8-9-11(3)10-17-14(16)13(15)12(4)6-2/h11-13H,5-10,15H2,1-4H3/t11?,12-,13-/m0/s1. The van der Waals surface area contributed by atoms with E-state index in [2.05, 4.69) is 13.8 Å². The maximum absolute atomic E-state index is 11.6. The molecule has 3 nitrogen and oxygen atoms in total. The number of ether oxygens (including phenoxy) is 1. The Kier molecular flexibility index (Phi) is 9.14. The van der Waals surface area contributed by atoms with Crippen LogP contribution in [0.25, 0.3) is 0 Å².